The lowest BCUT2D eigenvalue weighted by Gasteiger charge is -2.34. The van der Waals surface area contributed by atoms with Gasteiger partial charge in [0, 0.05) is 42.9 Å². The van der Waals surface area contributed by atoms with Crippen LogP contribution in [-0.2, 0) is 6.18 Å². The summed E-state index contributed by atoms with van der Waals surface area (Å²) in [6.45, 7) is 5.86. The summed E-state index contributed by atoms with van der Waals surface area (Å²) in [5.74, 6) is 0. The standard InChI is InChI=1S/C22H22F3N3/c1-15-12-21(28-10-8-27(2)9-11-28)19-7-6-17(14-20(19)26-15)16-4-3-5-18(13-16)22(23,24)25/h3-7,12-14H,8-11H2,1-2H3. The molecule has 2 heterocycles. The average molecular weight is 385 g/mol. The summed E-state index contributed by atoms with van der Waals surface area (Å²) in [4.78, 5) is 9.31. The van der Waals surface area contributed by atoms with Crippen LogP contribution in [0.1, 0.15) is 11.3 Å². The van der Waals surface area contributed by atoms with Crippen molar-refractivity contribution in [1.29, 1.82) is 0 Å². The minimum Gasteiger partial charge on any atom is -0.368 e. The van der Waals surface area contributed by atoms with Gasteiger partial charge in [0.15, 0.2) is 0 Å². The van der Waals surface area contributed by atoms with E-state index in [0.29, 0.717) is 5.56 Å². The number of anilines is 1. The predicted molar refractivity (Wildman–Crippen MR) is 107 cm³/mol. The minimum atomic E-state index is -4.35. The number of piperazine rings is 1. The number of halogens is 3. The molecule has 1 aliphatic rings. The van der Waals surface area contributed by atoms with E-state index in [0.717, 1.165) is 60.1 Å². The van der Waals surface area contributed by atoms with Gasteiger partial charge >= 0.3 is 6.18 Å². The van der Waals surface area contributed by atoms with Crippen LogP contribution in [0.3, 0.4) is 0 Å². The van der Waals surface area contributed by atoms with Gasteiger partial charge in [-0.1, -0.05) is 24.3 Å². The summed E-state index contributed by atoms with van der Waals surface area (Å²) in [5, 5.41) is 1.03. The Balaban J connectivity index is 1.76. The van der Waals surface area contributed by atoms with Crippen molar-refractivity contribution in [3.8, 4) is 11.1 Å². The first-order valence-corrected chi connectivity index (χ1v) is 9.34. The van der Waals surface area contributed by atoms with Crippen LogP contribution in [0, 0.1) is 6.92 Å². The molecule has 0 bridgehead atoms. The second-order valence-electron chi connectivity index (χ2n) is 7.38. The second kappa shape index (κ2) is 7.09. The van der Waals surface area contributed by atoms with E-state index in [2.05, 4.69) is 27.9 Å². The molecule has 6 heteroatoms. The number of pyridine rings is 1. The Hall–Kier alpha value is -2.60. The second-order valence-corrected chi connectivity index (χ2v) is 7.38. The molecule has 0 atom stereocenters. The summed E-state index contributed by atoms with van der Waals surface area (Å²) in [6.07, 6.45) is -4.35. The Morgan fingerprint density at radius 3 is 2.32 bits per heavy atom. The largest absolute Gasteiger partial charge is 0.416 e. The maximum absolute atomic E-state index is 13.1. The highest BCUT2D eigenvalue weighted by atomic mass is 19.4. The number of hydrogen-bond donors (Lipinski definition) is 0. The van der Waals surface area contributed by atoms with Crippen molar-refractivity contribution in [3.63, 3.8) is 0 Å². The number of nitrogens with zero attached hydrogens (tertiary/aromatic N) is 3. The molecule has 1 aromatic heterocycles. The molecule has 1 fully saturated rings. The maximum Gasteiger partial charge on any atom is 0.416 e. The van der Waals surface area contributed by atoms with Crippen molar-refractivity contribution < 1.29 is 13.2 Å². The zero-order valence-electron chi connectivity index (χ0n) is 15.9. The summed E-state index contributed by atoms with van der Waals surface area (Å²) in [6, 6.07) is 13.3. The number of benzene rings is 2. The first-order valence-electron chi connectivity index (χ1n) is 9.34. The quantitative estimate of drug-likeness (QED) is 0.620. The van der Waals surface area contributed by atoms with E-state index >= 15 is 0 Å². The number of rotatable bonds is 2. The maximum atomic E-state index is 13.1. The number of hydrogen-bond acceptors (Lipinski definition) is 3. The van der Waals surface area contributed by atoms with E-state index in [-0.39, 0.29) is 0 Å². The van der Waals surface area contributed by atoms with Crippen LogP contribution in [0.4, 0.5) is 18.9 Å². The molecule has 2 aromatic carbocycles. The summed E-state index contributed by atoms with van der Waals surface area (Å²) in [7, 11) is 2.12. The Morgan fingerprint density at radius 1 is 0.893 bits per heavy atom. The van der Waals surface area contributed by atoms with Gasteiger partial charge in [-0.3, -0.25) is 4.98 Å². The zero-order chi connectivity index (χ0) is 19.9. The number of likely N-dealkylation sites (N-methyl/N-ethyl adjacent to an activating group) is 1. The summed E-state index contributed by atoms with van der Waals surface area (Å²) in [5.41, 5.74) is 3.50. The lowest BCUT2D eigenvalue weighted by molar-refractivity contribution is -0.137. The molecule has 146 valence electrons. The minimum absolute atomic E-state index is 0.543. The molecule has 0 radical (unpaired) electrons. The van der Waals surface area contributed by atoms with E-state index < -0.39 is 11.7 Å². The molecule has 4 rings (SSSR count). The first kappa shape index (κ1) is 18.7. The highest BCUT2D eigenvalue weighted by Gasteiger charge is 2.30. The van der Waals surface area contributed by atoms with E-state index in [4.69, 9.17) is 0 Å². The van der Waals surface area contributed by atoms with Crippen LogP contribution >= 0.6 is 0 Å². The molecule has 3 aromatic rings. The fourth-order valence-electron chi connectivity index (χ4n) is 3.70. The normalized spacial score (nSPS) is 16.0. The van der Waals surface area contributed by atoms with Gasteiger partial charge in [-0.2, -0.15) is 13.2 Å². The van der Waals surface area contributed by atoms with Gasteiger partial charge in [0.05, 0.1) is 11.1 Å². The Kier molecular flexibility index (Phi) is 4.75. The average Bonchev–Trinajstić information content (AvgIpc) is 2.67. The molecule has 3 nitrogen and oxygen atoms in total. The fraction of sp³-hybridized carbons (Fsp3) is 0.318. The van der Waals surface area contributed by atoms with Gasteiger partial charge in [0.25, 0.3) is 0 Å². The molecule has 0 unspecified atom stereocenters. The molecule has 28 heavy (non-hydrogen) atoms. The van der Waals surface area contributed by atoms with Crippen LogP contribution in [0.5, 0.6) is 0 Å². The van der Waals surface area contributed by atoms with Crippen LogP contribution in [-0.4, -0.2) is 43.1 Å². The number of aryl methyl sites for hydroxylation is 1. The molecule has 0 spiro atoms. The van der Waals surface area contributed by atoms with Gasteiger partial charge in [-0.05, 0) is 49.4 Å². The van der Waals surface area contributed by atoms with E-state index in [1.165, 1.54) is 12.1 Å². The number of fused-ring (bicyclic) bond motifs is 1. The molecular formula is C22H22F3N3. The predicted octanol–water partition coefficient (Wildman–Crippen LogP) is 4.98. The monoisotopic (exact) mass is 385 g/mol. The van der Waals surface area contributed by atoms with Crippen LogP contribution in [0.2, 0.25) is 0 Å². The van der Waals surface area contributed by atoms with E-state index in [1.54, 1.807) is 6.07 Å². The Morgan fingerprint density at radius 2 is 1.61 bits per heavy atom. The molecule has 1 saturated heterocycles. The first-order chi connectivity index (χ1) is 13.3. The molecule has 0 aliphatic carbocycles. The highest BCUT2D eigenvalue weighted by molar-refractivity contribution is 5.94. The van der Waals surface area contributed by atoms with E-state index in [1.807, 2.05) is 25.1 Å². The molecule has 0 saturated carbocycles. The Bertz CT molecular complexity index is 1010. The Labute approximate surface area is 162 Å². The van der Waals surface area contributed by atoms with E-state index in [9.17, 15) is 13.2 Å². The fourth-order valence-corrected chi connectivity index (χ4v) is 3.70. The van der Waals surface area contributed by atoms with Gasteiger partial charge in [-0.15, -0.1) is 0 Å². The van der Waals surface area contributed by atoms with Crippen molar-refractivity contribution in [3.05, 3.63) is 59.8 Å². The van der Waals surface area contributed by atoms with Crippen LogP contribution in [0.25, 0.3) is 22.0 Å². The molecule has 0 N–H and O–H groups in total. The topological polar surface area (TPSA) is 19.4 Å². The highest BCUT2D eigenvalue weighted by Crippen LogP contribution is 2.34. The zero-order valence-corrected chi connectivity index (χ0v) is 15.9. The van der Waals surface area contributed by atoms with Gasteiger partial charge in [-0.25, -0.2) is 0 Å². The molecule has 0 amide bonds. The van der Waals surface area contributed by atoms with Crippen LogP contribution in [0.15, 0.2) is 48.5 Å². The van der Waals surface area contributed by atoms with Crippen molar-refractivity contribution >= 4 is 16.6 Å². The van der Waals surface area contributed by atoms with Gasteiger partial charge < -0.3 is 9.80 Å². The summed E-state index contributed by atoms with van der Waals surface area (Å²) >= 11 is 0. The third-order valence-corrected chi connectivity index (χ3v) is 5.28. The third-order valence-electron chi connectivity index (χ3n) is 5.28. The molecule has 1 aliphatic heterocycles. The van der Waals surface area contributed by atoms with Crippen molar-refractivity contribution in [2.75, 3.05) is 38.1 Å². The van der Waals surface area contributed by atoms with Crippen molar-refractivity contribution in [2.45, 2.75) is 13.1 Å². The number of alkyl halides is 3. The lowest BCUT2D eigenvalue weighted by Crippen LogP contribution is -2.44. The smallest absolute Gasteiger partial charge is 0.368 e. The van der Waals surface area contributed by atoms with Crippen molar-refractivity contribution in [2.24, 2.45) is 0 Å². The SMILES string of the molecule is Cc1cc(N2CCN(C)CC2)c2ccc(-c3cccc(C(F)(F)F)c3)cc2n1. The van der Waals surface area contributed by atoms with Crippen LogP contribution < -0.4 is 4.90 Å². The van der Waals surface area contributed by atoms with Crippen molar-refractivity contribution in [1.82, 2.24) is 9.88 Å². The van der Waals surface area contributed by atoms with Gasteiger partial charge in [0.2, 0.25) is 0 Å². The molecular weight excluding hydrogens is 363 g/mol. The lowest BCUT2D eigenvalue weighted by atomic mass is 10.0. The summed E-state index contributed by atoms with van der Waals surface area (Å²) < 4.78 is 39.2. The van der Waals surface area contributed by atoms with Gasteiger partial charge in [0.1, 0.15) is 0 Å². The third kappa shape index (κ3) is 3.69. The number of aromatic nitrogens is 1.